The van der Waals surface area contributed by atoms with Crippen LogP contribution in [-0.2, 0) is 6.54 Å². The molecule has 0 spiro atoms. The normalized spacial score (nSPS) is 10.6. The number of hydrogen-bond donors (Lipinski definition) is 2. The highest BCUT2D eigenvalue weighted by molar-refractivity contribution is 7.12. The summed E-state index contributed by atoms with van der Waals surface area (Å²) in [7, 11) is 0. The number of thiophene rings is 1. The predicted molar refractivity (Wildman–Crippen MR) is 115 cm³/mol. The Labute approximate surface area is 177 Å². The van der Waals surface area contributed by atoms with Crippen LogP contribution in [0.1, 0.15) is 39.4 Å². The average molecular weight is 430 g/mol. The summed E-state index contributed by atoms with van der Waals surface area (Å²) in [5.41, 5.74) is 1.62. The summed E-state index contributed by atoms with van der Waals surface area (Å²) in [4.78, 5) is 29.5. The number of anilines is 1. The van der Waals surface area contributed by atoms with Crippen molar-refractivity contribution in [1.29, 1.82) is 0 Å². The van der Waals surface area contributed by atoms with E-state index in [9.17, 15) is 9.59 Å². The van der Waals surface area contributed by atoms with Gasteiger partial charge < -0.3 is 15.4 Å². The Morgan fingerprint density at radius 3 is 2.66 bits per heavy atom. The number of hydrogen-bond acceptors (Lipinski definition) is 5. The molecule has 0 aliphatic heterocycles. The van der Waals surface area contributed by atoms with Crippen molar-refractivity contribution < 1.29 is 14.3 Å². The monoisotopic (exact) mass is 429 g/mol. The number of halogens is 1. The summed E-state index contributed by atoms with van der Waals surface area (Å²) in [6.07, 6.45) is 1.71. The van der Waals surface area contributed by atoms with Crippen LogP contribution < -0.4 is 15.4 Å². The van der Waals surface area contributed by atoms with Gasteiger partial charge in [0.1, 0.15) is 0 Å². The van der Waals surface area contributed by atoms with E-state index in [2.05, 4.69) is 15.6 Å². The Morgan fingerprint density at radius 1 is 1.17 bits per heavy atom. The fourth-order valence-electron chi connectivity index (χ4n) is 2.47. The Balaban J connectivity index is 1.62. The maximum absolute atomic E-state index is 12.5. The van der Waals surface area contributed by atoms with E-state index in [0.717, 1.165) is 5.56 Å². The molecule has 6 nitrogen and oxygen atoms in total. The number of aromatic nitrogens is 1. The number of pyridine rings is 1. The zero-order chi connectivity index (χ0) is 20.8. The molecule has 2 N–H and O–H groups in total. The van der Waals surface area contributed by atoms with Crippen LogP contribution in [0.4, 0.5) is 5.69 Å². The highest BCUT2D eigenvalue weighted by atomic mass is 35.5. The Morgan fingerprint density at radius 2 is 2.00 bits per heavy atom. The fourth-order valence-corrected chi connectivity index (χ4v) is 3.25. The molecule has 2 aromatic heterocycles. The topological polar surface area (TPSA) is 80.3 Å². The maximum Gasteiger partial charge on any atom is 0.265 e. The molecule has 0 unspecified atom stereocenters. The van der Waals surface area contributed by atoms with Crippen molar-refractivity contribution >= 4 is 40.4 Å². The number of nitrogens with zero attached hydrogens (tertiary/aromatic N) is 1. The van der Waals surface area contributed by atoms with Gasteiger partial charge in [-0.05, 0) is 49.1 Å². The van der Waals surface area contributed by atoms with Crippen LogP contribution in [0.3, 0.4) is 0 Å². The van der Waals surface area contributed by atoms with Crippen molar-refractivity contribution in [1.82, 2.24) is 10.3 Å². The quantitative estimate of drug-likeness (QED) is 0.567. The van der Waals surface area contributed by atoms with E-state index in [1.807, 2.05) is 25.3 Å². The average Bonchev–Trinajstić information content (AvgIpc) is 3.23. The van der Waals surface area contributed by atoms with Crippen LogP contribution in [0.2, 0.25) is 5.02 Å². The molecule has 150 valence electrons. The molecule has 2 heterocycles. The first-order valence-electron chi connectivity index (χ1n) is 8.96. The largest absolute Gasteiger partial charge is 0.475 e. The summed E-state index contributed by atoms with van der Waals surface area (Å²) in [6.45, 7) is 4.17. The molecule has 3 rings (SSSR count). The van der Waals surface area contributed by atoms with Crippen LogP contribution >= 0.6 is 22.9 Å². The lowest BCUT2D eigenvalue weighted by molar-refractivity contribution is 0.0949. The van der Waals surface area contributed by atoms with Gasteiger partial charge in [0, 0.05) is 24.4 Å². The lowest BCUT2D eigenvalue weighted by atomic mass is 10.1. The molecule has 8 heteroatoms. The van der Waals surface area contributed by atoms with E-state index < -0.39 is 0 Å². The zero-order valence-corrected chi connectivity index (χ0v) is 17.5. The van der Waals surface area contributed by atoms with Gasteiger partial charge >= 0.3 is 0 Å². The number of rotatable bonds is 7. The van der Waals surface area contributed by atoms with E-state index in [1.165, 1.54) is 11.3 Å². The molecule has 0 fully saturated rings. The third-order valence-corrected chi connectivity index (χ3v) is 5.03. The van der Waals surface area contributed by atoms with Gasteiger partial charge in [-0.3, -0.25) is 9.59 Å². The summed E-state index contributed by atoms with van der Waals surface area (Å²) in [5, 5.41) is 7.74. The second-order valence-corrected chi connectivity index (χ2v) is 7.83. The minimum atomic E-state index is -0.282. The van der Waals surface area contributed by atoms with E-state index in [-0.39, 0.29) is 17.9 Å². The third-order valence-electron chi connectivity index (χ3n) is 3.83. The highest BCUT2D eigenvalue weighted by Crippen LogP contribution is 2.24. The van der Waals surface area contributed by atoms with E-state index in [1.54, 1.807) is 42.6 Å². The molecule has 0 aliphatic rings. The SMILES string of the molecule is CC(C)Oc1ccc(CNC(=O)c2ccc(Cl)c(NC(=O)c3cccs3)c2)cn1. The molecule has 2 amide bonds. The molecule has 0 atom stereocenters. The molecule has 0 aliphatic carbocycles. The Kier molecular flexibility index (Phi) is 6.85. The third kappa shape index (κ3) is 5.79. The molecular weight excluding hydrogens is 410 g/mol. The Bertz CT molecular complexity index is 989. The molecule has 0 radical (unpaired) electrons. The van der Waals surface area contributed by atoms with Gasteiger partial charge in [-0.2, -0.15) is 0 Å². The molecule has 3 aromatic rings. The lowest BCUT2D eigenvalue weighted by Crippen LogP contribution is -2.23. The summed E-state index contributed by atoms with van der Waals surface area (Å²) >= 11 is 7.49. The molecule has 0 bridgehead atoms. The smallest absolute Gasteiger partial charge is 0.265 e. The number of amides is 2. The Hall–Kier alpha value is -2.90. The van der Waals surface area contributed by atoms with Crippen molar-refractivity contribution in [3.05, 3.63) is 75.1 Å². The van der Waals surface area contributed by atoms with Crippen LogP contribution in [0.5, 0.6) is 5.88 Å². The second kappa shape index (κ2) is 9.54. The summed E-state index contributed by atoms with van der Waals surface area (Å²) < 4.78 is 5.50. The fraction of sp³-hybridized carbons (Fsp3) is 0.190. The van der Waals surface area contributed by atoms with E-state index >= 15 is 0 Å². The number of carbonyl (C=O) groups excluding carboxylic acids is 2. The number of carbonyl (C=O) groups is 2. The molecular formula is C21H20ClN3O3S. The highest BCUT2D eigenvalue weighted by Gasteiger charge is 2.13. The zero-order valence-electron chi connectivity index (χ0n) is 15.9. The minimum absolute atomic E-state index is 0.0486. The van der Waals surface area contributed by atoms with Gasteiger partial charge in [0.25, 0.3) is 11.8 Å². The molecule has 29 heavy (non-hydrogen) atoms. The van der Waals surface area contributed by atoms with Crippen LogP contribution in [0.15, 0.2) is 54.0 Å². The number of ether oxygens (including phenoxy) is 1. The minimum Gasteiger partial charge on any atom is -0.475 e. The summed E-state index contributed by atoms with van der Waals surface area (Å²) in [6, 6.07) is 11.9. The van der Waals surface area contributed by atoms with Gasteiger partial charge in [0.15, 0.2) is 0 Å². The van der Waals surface area contributed by atoms with Crippen molar-refractivity contribution in [2.45, 2.75) is 26.5 Å². The predicted octanol–water partition coefficient (Wildman–Crippen LogP) is 4.77. The van der Waals surface area contributed by atoms with Crippen LogP contribution in [0.25, 0.3) is 0 Å². The van der Waals surface area contributed by atoms with Crippen molar-refractivity contribution in [3.8, 4) is 5.88 Å². The van der Waals surface area contributed by atoms with Gasteiger partial charge in [-0.1, -0.05) is 23.7 Å². The maximum atomic E-state index is 12.5. The molecule has 0 saturated carbocycles. The van der Waals surface area contributed by atoms with Gasteiger partial charge in [0.05, 0.1) is 21.7 Å². The number of benzene rings is 1. The first-order valence-corrected chi connectivity index (χ1v) is 10.2. The molecule has 0 saturated heterocycles. The number of nitrogens with one attached hydrogen (secondary N) is 2. The van der Waals surface area contributed by atoms with Gasteiger partial charge in [-0.15, -0.1) is 11.3 Å². The van der Waals surface area contributed by atoms with Crippen molar-refractivity contribution in [2.75, 3.05) is 5.32 Å². The van der Waals surface area contributed by atoms with Crippen molar-refractivity contribution in [3.63, 3.8) is 0 Å². The summed E-state index contributed by atoms with van der Waals surface area (Å²) in [5.74, 6) is -0.0102. The molecule has 1 aromatic carbocycles. The van der Waals surface area contributed by atoms with E-state index in [0.29, 0.717) is 33.6 Å². The van der Waals surface area contributed by atoms with Crippen LogP contribution in [-0.4, -0.2) is 22.9 Å². The van der Waals surface area contributed by atoms with Gasteiger partial charge in [-0.25, -0.2) is 4.98 Å². The second-order valence-electron chi connectivity index (χ2n) is 6.48. The standard InChI is InChI=1S/C21H20ClN3O3S/c1-13(2)28-19-8-5-14(11-23-19)12-24-20(26)15-6-7-16(22)17(10-15)25-21(27)18-4-3-9-29-18/h3-11,13H,12H2,1-2H3,(H,24,26)(H,25,27). The first kappa shape index (κ1) is 20.8. The first-order chi connectivity index (χ1) is 13.9. The van der Waals surface area contributed by atoms with Gasteiger partial charge in [0.2, 0.25) is 5.88 Å². The van der Waals surface area contributed by atoms with E-state index in [4.69, 9.17) is 16.3 Å². The lowest BCUT2D eigenvalue weighted by Gasteiger charge is -2.11. The van der Waals surface area contributed by atoms with Crippen LogP contribution in [0, 0.1) is 0 Å². The van der Waals surface area contributed by atoms with Crippen molar-refractivity contribution in [2.24, 2.45) is 0 Å².